The number of nitrogens with zero attached hydrogens (tertiary/aromatic N) is 2. The van der Waals surface area contributed by atoms with Crippen LogP contribution in [0.15, 0.2) is 0 Å². The Kier molecular flexibility index (Phi) is 6.04. The van der Waals surface area contributed by atoms with Gasteiger partial charge in [-0.1, -0.05) is 32.1 Å². The van der Waals surface area contributed by atoms with Gasteiger partial charge in [0, 0.05) is 12.5 Å². The second kappa shape index (κ2) is 7.32. The number of rotatable bonds is 5. The Balaban J connectivity index is 2.33. The molecule has 1 amide bonds. The Morgan fingerprint density at radius 3 is 2.53 bits per heavy atom. The number of amides is 1. The molecule has 1 aliphatic carbocycles. The van der Waals surface area contributed by atoms with Gasteiger partial charge in [0.05, 0.1) is 6.07 Å². The fraction of sp³-hybridized carbons (Fsp3) is 0.857. The largest absolute Gasteiger partial charge is 0.327 e. The lowest BCUT2D eigenvalue weighted by molar-refractivity contribution is -0.132. The van der Waals surface area contributed by atoms with Crippen molar-refractivity contribution in [2.24, 2.45) is 5.92 Å². The van der Waals surface area contributed by atoms with Crippen LogP contribution in [-0.2, 0) is 4.79 Å². The van der Waals surface area contributed by atoms with Gasteiger partial charge in [0.2, 0.25) is 5.91 Å². The minimum atomic E-state index is 0.133. The third kappa shape index (κ3) is 4.77. The van der Waals surface area contributed by atoms with Crippen molar-refractivity contribution >= 4 is 5.91 Å². The Hall–Kier alpha value is -1.04. The summed E-state index contributed by atoms with van der Waals surface area (Å²) in [6.45, 7) is 4.16. The van der Waals surface area contributed by atoms with Crippen LogP contribution in [0.4, 0.5) is 0 Å². The van der Waals surface area contributed by atoms with E-state index >= 15 is 0 Å². The SMILES string of the molecule is CC(C)N(CC#N)C(=O)CCC1CCCCC1. The van der Waals surface area contributed by atoms with Gasteiger partial charge in [0.1, 0.15) is 6.54 Å². The van der Waals surface area contributed by atoms with E-state index in [-0.39, 0.29) is 18.5 Å². The third-order valence-corrected chi connectivity index (χ3v) is 3.68. The fourth-order valence-corrected chi connectivity index (χ4v) is 2.58. The first-order valence-electron chi connectivity index (χ1n) is 6.81. The summed E-state index contributed by atoms with van der Waals surface area (Å²) < 4.78 is 0. The summed E-state index contributed by atoms with van der Waals surface area (Å²) in [5, 5.41) is 8.71. The number of hydrogen-bond acceptors (Lipinski definition) is 2. The molecule has 0 bridgehead atoms. The van der Waals surface area contributed by atoms with Crippen molar-refractivity contribution in [1.29, 1.82) is 5.26 Å². The van der Waals surface area contributed by atoms with Gasteiger partial charge in [-0.05, 0) is 26.2 Å². The molecule has 1 fully saturated rings. The summed E-state index contributed by atoms with van der Waals surface area (Å²) in [5.41, 5.74) is 0. The minimum absolute atomic E-state index is 0.133. The van der Waals surface area contributed by atoms with Crippen LogP contribution in [0.25, 0.3) is 0 Å². The molecule has 0 heterocycles. The highest BCUT2D eigenvalue weighted by atomic mass is 16.2. The van der Waals surface area contributed by atoms with Crippen molar-refractivity contribution in [2.45, 2.75) is 64.8 Å². The highest BCUT2D eigenvalue weighted by molar-refractivity contribution is 5.76. The topological polar surface area (TPSA) is 44.1 Å². The van der Waals surface area contributed by atoms with E-state index in [1.165, 1.54) is 32.1 Å². The minimum Gasteiger partial charge on any atom is -0.327 e. The summed E-state index contributed by atoms with van der Waals surface area (Å²) in [6, 6.07) is 2.21. The van der Waals surface area contributed by atoms with E-state index in [0.29, 0.717) is 6.42 Å². The Morgan fingerprint density at radius 2 is 2.00 bits per heavy atom. The first kappa shape index (κ1) is 14.0. The molecule has 0 N–H and O–H groups in total. The fourth-order valence-electron chi connectivity index (χ4n) is 2.58. The van der Waals surface area contributed by atoms with Crippen LogP contribution in [-0.4, -0.2) is 23.4 Å². The molecule has 1 saturated carbocycles. The van der Waals surface area contributed by atoms with Crippen LogP contribution in [0, 0.1) is 17.2 Å². The molecule has 0 aliphatic heterocycles. The summed E-state index contributed by atoms with van der Waals surface area (Å²) in [5.74, 6) is 0.885. The summed E-state index contributed by atoms with van der Waals surface area (Å²) in [6.07, 6.45) is 8.20. The van der Waals surface area contributed by atoms with Crippen molar-refractivity contribution in [3.8, 4) is 6.07 Å². The van der Waals surface area contributed by atoms with E-state index in [1.54, 1.807) is 4.90 Å². The van der Waals surface area contributed by atoms with Crippen LogP contribution in [0.2, 0.25) is 0 Å². The van der Waals surface area contributed by atoms with E-state index < -0.39 is 0 Å². The van der Waals surface area contributed by atoms with E-state index in [2.05, 4.69) is 6.07 Å². The zero-order valence-corrected chi connectivity index (χ0v) is 11.1. The molecule has 0 aromatic carbocycles. The van der Waals surface area contributed by atoms with Crippen LogP contribution in [0.3, 0.4) is 0 Å². The molecule has 1 aliphatic rings. The molecule has 3 heteroatoms. The average molecular weight is 236 g/mol. The molecule has 3 nitrogen and oxygen atoms in total. The summed E-state index contributed by atoms with van der Waals surface area (Å²) in [7, 11) is 0. The highest BCUT2D eigenvalue weighted by Gasteiger charge is 2.19. The second-order valence-corrected chi connectivity index (χ2v) is 5.32. The van der Waals surface area contributed by atoms with Gasteiger partial charge < -0.3 is 4.90 Å². The molecular formula is C14H24N2O. The van der Waals surface area contributed by atoms with E-state index in [9.17, 15) is 4.79 Å². The van der Waals surface area contributed by atoms with Crippen molar-refractivity contribution in [3.05, 3.63) is 0 Å². The monoisotopic (exact) mass is 236 g/mol. The van der Waals surface area contributed by atoms with Gasteiger partial charge in [-0.3, -0.25) is 4.79 Å². The van der Waals surface area contributed by atoms with Gasteiger partial charge in [0.25, 0.3) is 0 Å². The molecule has 0 saturated heterocycles. The lowest BCUT2D eigenvalue weighted by Crippen LogP contribution is -2.37. The molecule has 0 aromatic rings. The van der Waals surface area contributed by atoms with Gasteiger partial charge in [-0.2, -0.15) is 5.26 Å². The van der Waals surface area contributed by atoms with Crippen LogP contribution in [0.1, 0.15) is 58.8 Å². The maximum absolute atomic E-state index is 12.0. The second-order valence-electron chi connectivity index (χ2n) is 5.32. The maximum Gasteiger partial charge on any atom is 0.223 e. The smallest absolute Gasteiger partial charge is 0.223 e. The molecular weight excluding hydrogens is 212 g/mol. The zero-order valence-electron chi connectivity index (χ0n) is 11.1. The molecule has 0 atom stereocenters. The average Bonchev–Trinajstić information content (AvgIpc) is 2.34. The first-order valence-corrected chi connectivity index (χ1v) is 6.81. The highest BCUT2D eigenvalue weighted by Crippen LogP contribution is 2.27. The summed E-state index contributed by atoms with van der Waals surface area (Å²) >= 11 is 0. The molecule has 0 unspecified atom stereocenters. The van der Waals surface area contributed by atoms with E-state index in [1.807, 2.05) is 13.8 Å². The molecule has 17 heavy (non-hydrogen) atoms. The van der Waals surface area contributed by atoms with E-state index in [4.69, 9.17) is 5.26 Å². The van der Waals surface area contributed by atoms with Crippen molar-refractivity contribution in [1.82, 2.24) is 4.90 Å². The Bertz CT molecular complexity index is 274. The molecule has 1 rings (SSSR count). The third-order valence-electron chi connectivity index (χ3n) is 3.68. The molecule has 0 radical (unpaired) electrons. The predicted octanol–water partition coefficient (Wildman–Crippen LogP) is 3.11. The maximum atomic E-state index is 12.0. The number of carbonyl (C=O) groups excluding carboxylic acids is 1. The van der Waals surface area contributed by atoms with Gasteiger partial charge in [0.15, 0.2) is 0 Å². The summed E-state index contributed by atoms with van der Waals surface area (Å²) in [4.78, 5) is 13.7. The standard InChI is InChI=1S/C14H24N2O/c1-12(2)16(11-10-15)14(17)9-8-13-6-4-3-5-7-13/h12-13H,3-9,11H2,1-2H3. The number of hydrogen-bond donors (Lipinski definition) is 0. The number of carbonyl (C=O) groups is 1. The zero-order chi connectivity index (χ0) is 12.7. The van der Waals surface area contributed by atoms with Crippen molar-refractivity contribution in [2.75, 3.05) is 6.54 Å². The van der Waals surface area contributed by atoms with Crippen molar-refractivity contribution in [3.63, 3.8) is 0 Å². The Morgan fingerprint density at radius 1 is 1.35 bits per heavy atom. The number of nitriles is 1. The van der Waals surface area contributed by atoms with Gasteiger partial charge >= 0.3 is 0 Å². The molecule has 96 valence electrons. The van der Waals surface area contributed by atoms with Crippen LogP contribution >= 0.6 is 0 Å². The predicted molar refractivity (Wildman–Crippen MR) is 68.3 cm³/mol. The quantitative estimate of drug-likeness (QED) is 0.688. The van der Waals surface area contributed by atoms with Crippen molar-refractivity contribution < 1.29 is 4.79 Å². The van der Waals surface area contributed by atoms with Crippen LogP contribution < -0.4 is 0 Å². The first-order chi connectivity index (χ1) is 8.15. The van der Waals surface area contributed by atoms with E-state index in [0.717, 1.165) is 12.3 Å². The Labute approximate surface area is 105 Å². The lowest BCUT2D eigenvalue weighted by atomic mass is 9.86. The van der Waals surface area contributed by atoms with Crippen LogP contribution in [0.5, 0.6) is 0 Å². The normalized spacial score (nSPS) is 16.8. The molecule has 0 aromatic heterocycles. The molecule has 0 spiro atoms. The lowest BCUT2D eigenvalue weighted by Gasteiger charge is -2.26. The van der Waals surface area contributed by atoms with Gasteiger partial charge in [-0.25, -0.2) is 0 Å². The van der Waals surface area contributed by atoms with Gasteiger partial charge in [-0.15, -0.1) is 0 Å².